The molecular formula is C10H10Cl2O. The molecule has 0 saturated carbocycles. The van der Waals surface area contributed by atoms with Gasteiger partial charge < -0.3 is 4.79 Å². The lowest BCUT2D eigenvalue weighted by Crippen LogP contribution is -2.18. The van der Waals surface area contributed by atoms with Crippen LogP contribution in [-0.4, -0.2) is 6.29 Å². The molecule has 0 bridgehead atoms. The van der Waals surface area contributed by atoms with Gasteiger partial charge in [-0.1, -0.05) is 29.3 Å². The van der Waals surface area contributed by atoms with E-state index in [0.717, 1.165) is 11.8 Å². The molecule has 0 amide bonds. The monoisotopic (exact) mass is 216 g/mol. The van der Waals surface area contributed by atoms with E-state index in [1.807, 2.05) is 13.8 Å². The Kier molecular flexibility index (Phi) is 2.99. The van der Waals surface area contributed by atoms with E-state index < -0.39 is 5.41 Å². The second kappa shape index (κ2) is 3.69. The van der Waals surface area contributed by atoms with Crippen molar-refractivity contribution in [2.24, 2.45) is 0 Å². The SMILES string of the molecule is CC(C)(C=O)c1ccc(Cl)cc1Cl. The van der Waals surface area contributed by atoms with Crippen LogP contribution in [0.4, 0.5) is 0 Å². The molecule has 0 saturated heterocycles. The number of halogens is 2. The summed E-state index contributed by atoms with van der Waals surface area (Å²) in [5.74, 6) is 0. The number of carbonyl (C=O) groups excluding carboxylic acids is 1. The Hall–Kier alpha value is -0.530. The molecule has 70 valence electrons. The van der Waals surface area contributed by atoms with Crippen LogP contribution >= 0.6 is 23.2 Å². The lowest BCUT2D eigenvalue weighted by molar-refractivity contribution is -0.111. The van der Waals surface area contributed by atoms with Crippen LogP contribution in [0, 0.1) is 0 Å². The van der Waals surface area contributed by atoms with Gasteiger partial charge in [0.1, 0.15) is 6.29 Å². The van der Waals surface area contributed by atoms with Crippen LogP contribution in [0.15, 0.2) is 18.2 Å². The lowest BCUT2D eigenvalue weighted by Gasteiger charge is -2.18. The molecular weight excluding hydrogens is 207 g/mol. The Bertz CT molecular complexity index is 332. The molecule has 0 atom stereocenters. The van der Waals surface area contributed by atoms with Gasteiger partial charge in [0.15, 0.2) is 0 Å². The minimum Gasteiger partial charge on any atom is -0.302 e. The number of aldehydes is 1. The number of hydrogen-bond acceptors (Lipinski definition) is 1. The minimum absolute atomic E-state index is 0.532. The predicted octanol–water partition coefficient (Wildman–Crippen LogP) is 3.47. The van der Waals surface area contributed by atoms with Gasteiger partial charge in [-0.25, -0.2) is 0 Å². The first-order chi connectivity index (χ1) is 5.97. The zero-order valence-electron chi connectivity index (χ0n) is 7.47. The largest absolute Gasteiger partial charge is 0.302 e. The first-order valence-electron chi connectivity index (χ1n) is 3.89. The van der Waals surface area contributed by atoms with Gasteiger partial charge in [-0.2, -0.15) is 0 Å². The van der Waals surface area contributed by atoms with Crippen LogP contribution in [0.5, 0.6) is 0 Å². The summed E-state index contributed by atoms with van der Waals surface area (Å²) in [6.07, 6.45) is 0.877. The van der Waals surface area contributed by atoms with E-state index >= 15 is 0 Å². The van der Waals surface area contributed by atoms with E-state index in [0.29, 0.717) is 10.0 Å². The quantitative estimate of drug-likeness (QED) is 0.693. The fourth-order valence-electron chi connectivity index (χ4n) is 1.08. The van der Waals surface area contributed by atoms with Crippen molar-refractivity contribution in [3.8, 4) is 0 Å². The topological polar surface area (TPSA) is 17.1 Å². The normalized spacial score (nSPS) is 11.4. The molecule has 1 rings (SSSR count). The van der Waals surface area contributed by atoms with Crippen molar-refractivity contribution < 1.29 is 4.79 Å². The number of carbonyl (C=O) groups is 1. The highest BCUT2D eigenvalue weighted by molar-refractivity contribution is 6.35. The first kappa shape index (κ1) is 10.6. The maximum absolute atomic E-state index is 10.8. The second-order valence-electron chi connectivity index (χ2n) is 3.46. The maximum atomic E-state index is 10.8. The van der Waals surface area contributed by atoms with Gasteiger partial charge in [0.25, 0.3) is 0 Å². The summed E-state index contributed by atoms with van der Waals surface area (Å²) in [5.41, 5.74) is 0.246. The van der Waals surface area contributed by atoms with Crippen LogP contribution in [0.1, 0.15) is 19.4 Å². The van der Waals surface area contributed by atoms with Gasteiger partial charge in [-0.3, -0.25) is 0 Å². The van der Waals surface area contributed by atoms with E-state index in [9.17, 15) is 4.79 Å². The lowest BCUT2D eigenvalue weighted by atomic mass is 9.86. The fourth-order valence-corrected chi connectivity index (χ4v) is 1.73. The van der Waals surface area contributed by atoms with Crippen LogP contribution in [0.2, 0.25) is 10.0 Å². The smallest absolute Gasteiger partial charge is 0.130 e. The van der Waals surface area contributed by atoms with Gasteiger partial charge in [-0.05, 0) is 31.5 Å². The summed E-state index contributed by atoms with van der Waals surface area (Å²) in [6, 6.07) is 5.15. The number of hydrogen-bond donors (Lipinski definition) is 0. The molecule has 0 heterocycles. The van der Waals surface area contributed by atoms with Gasteiger partial charge >= 0.3 is 0 Å². The van der Waals surface area contributed by atoms with E-state index in [2.05, 4.69) is 0 Å². The summed E-state index contributed by atoms with van der Waals surface area (Å²) in [4.78, 5) is 10.8. The van der Waals surface area contributed by atoms with E-state index in [1.165, 1.54) is 0 Å². The second-order valence-corrected chi connectivity index (χ2v) is 4.31. The first-order valence-corrected chi connectivity index (χ1v) is 4.65. The third-order valence-electron chi connectivity index (χ3n) is 1.92. The average molecular weight is 217 g/mol. The highest BCUT2D eigenvalue weighted by atomic mass is 35.5. The molecule has 1 aromatic rings. The molecule has 0 fully saturated rings. The Morgan fingerprint density at radius 1 is 1.31 bits per heavy atom. The van der Waals surface area contributed by atoms with Crippen molar-refractivity contribution in [1.82, 2.24) is 0 Å². The van der Waals surface area contributed by atoms with Crippen molar-refractivity contribution in [3.63, 3.8) is 0 Å². The fraction of sp³-hybridized carbons (Fsp3) is 0.300. The summed E-state index contributed by atoms with van der Waals surface area (Å²) in [6.45, 7) is 3.63. The van der Waals surface area contributed by atoms with E-state index in [4.69, 9.17) is 23.2 Å². The molecule has 13 heavy (non-hydrogen) atoms. The van der Waals surface area contributed by atoms with Crippen molar-refractivity contribution in [1.29, 1.82) is 0 Å². The summed E-state index contributed by atoms with van der Waals surface area (Å²) in [7, 11) is 0. The average Bonchev–Trinajstić information content (AvgIpc) is 2.03. The molecule has 3 heteroatoms. The molecule has 0 spiro atoms. The summed E-state index contributed by atoms with van der Waals surface area (Å²) < 4.78 is 0. The standard InChI is InChI=1S/C10H10Cl2O/c1-10(2,6-13)8-4-3-7(11)5-9(8)12/h3-6H,1-2H3. The molecule has 0 aliphatic carbocycles. The van der Waals surface area contributed by atoms with Gasteiger partial charge in [0.05, 0.1) is 0 Å². The zero-order valence-corrected chi connectivity index (χ0v) is 8.99. The zero-order chi connectivity index (χ0) is 10.1. The molecule has 1 aromatic carbocycles. The third kappa shape index (κ3) is 2.23. The Morgan fingerprint density at radius 3 is 2.38 bits per heavy atom. The predicted molar refractivity (Wildman–Crippen MR) is 55.6 cm³/mol. The molecule has 0 radical (unpaired) electrons. The molecule has 0 N–H and O–H groups in total. The van der Waals surface area contributed by atoms with Crippen molar-refractivity contribution in [2.45, 2.75) is 19.3 Å². The van der Waals surface area contributed by atoms with E-state index in [-0.39, 0.29) is 0 Å². The molecule has 0 aliphatic heterocycles. The molecule has 0 aliphatic rings. The van der Waals surface area contributed by atoms with Crippen molar-refractivity contribution >= 4 is 29.5 Å². The Morgan fingerprint density at radius 2 is 1.92 bits per heavy atom. The van der Waals surface area contributed by atoms with Crippen LogP contribution in [0.3, 0.4) is 0 Å². The van der Waals surface area contributed by atoms with Gasteiger partial charge in [0, 0.05) is 15.5 Å². The van der Waals surface area contributed by atoms with Gasteiger partial charge in [-0.15, -0.1) is 0 Å². The highest BCUT2D eigenvalue weighted by Crippen LogP contribution is 2.30. The van der Waals surface area contributed by atoms with Crippen LogP contribution < -0.4 is 0 Å². The van der Waals surface area contributed by atoms with Crippen molar-refractivity contribution in [2.75, 3.05) is 0 Å². The maximum Gasteiger partial charge on any atom is 0.130 e. The Labute approximate surface area is 87.7 Å². The van der Waals surface area contributed by atoms with Gasteiger partial charge in [0.2, 0.25) is 0 Å². The molecule has 0 unspecified atom stereocenters. The summed E-state index contributed by atoms with van der Waals surface area (Å²) in [5, 5.41) is 1.11. The minimum atomic E-state index is -0.554. The van der Waals surface area contributed by atoms with Crippen LogP contribution in [-0.2, 0) is 10.2 Å². The summed E-state index contributed by atoms with van der Waals surface area (Å²) >= 11 is 11.7. The third-order valence-corrected chi connectivity index (χ3v) is 2.47. The van der Waals surface area contributed by atoms with Crippen LogP contribution in [0.25, 0.3) is 0 Å². The van der Waals surface area contributed by atoms with Crippen molar-refractivity contribution in [3.05, 3.63) is 33.8 Å². The Balaban J connectivity index is 3.23. The number of benzene rings is 1. The molecule has 1 nitrogen and oxygen atoms in total. The highest BCUT2D eigenvalue weighted by Gasteiger charge is 2.22. The number of rotatable bonds is 2. The molecule has 0 aromatic heterocycles. The van der Waals surface area contributed by atoms with E-state index in [1.54, 1.807) is 18.2 Å².